The summed E-state index contributed by atoms with van der Waals surface area (Å²) in [6.07, 6.45) is 2.54. The van der Waals surface area contributed by atoms with Gasteiger partial charge in [0.2, 0.25) is 0 Å². The van der Waals surface area contributed by atoms with Crippen molar-refractivity contribution >= 4 is 44.8 Å². The number of hydrogen-bond acceptors (Lipinski definition) is 6. The number of halogens is 1. The molecule has 7 nitrogen and oxygen atoms in total. The summed E-state index contributed by atoms with van der Waals surface area (Å²) in [6.45, 7) is 5.47. The highest BCUT2D eigenvalue weighted by atomic mass is 79.9. The van der Waals surface area contributed by atoms with Gasteiger partial charge in [-0.2, -0.15) is 5.10 Å². The minimum Gasteiger partial charge on any atom is -0.368 e. The van der Waals surface area contributed by atoms with Crippen LogP contribution in [0.2, 0.25) is 0 Å². The van der Waals surface area contributed by atoms with Crippen LogP contribution in [0.15, 0.2) is 35.2 Å². The number of H-pyrrole nitrogens is 1. The van der Waals surface area contributed by atoms with E-state index in [1.165, 1.54) is 5.69 Å². The Labute approximate surface area is 159 Å². The van der Waals surface area contributed by atoms with E-state index in [1.807, 2.05) is 19.1 Å². The Kier molecular flexibility index (Phi) is 4.58. The first-order valence-electron chi connectivity index (χ1n) is 8.57. The van der Waals surface area contributed by atoms with E-state index in [9.17, 15) is 4.79 Å². The minimum absolute atomic E-state index is 0.0607. The zero-order valence-corrected chi connectivity index (χ0v) is 16.0. The van der Waals surface area contributed by atoms with Gasteiger partial charge >= 0.3 is 0 Å². The van der Waals surface area contributed by atoms with Crippen LogP contribution in [-0.4, -0.2) is 52.6 Å². The van der Waals surface area contributed by atoms with Gasteiger partial charge in [-0.15, -0.1) is 0 Å². The monoisotopic (exact) mass is 414 g/mol. The fourth-order valence-electron chi connectivity index (χ4n) is 3.29. The van der Waals surface area contributed by atoms with Crippen LogP contribution in [0.25, 0.3) is 11.0 Å². The zero-order valence-electron chi connectivity index (χ0n) is 14.4. The molecule has 0 bridgehead atoms. The summed E-state index contributed by atoms with van der Waals surface area (Å²) in [4.78, 5) is 24.2. The summed E-state index contributed by atoms with van der Waals surface area (Å²) in [7, 11) is 0. The van der Waals surface area contributed by atoms with Gasteiger partial charge in [0.05, 0.1) is 5.39 Å². The maximum absolute atomic E-state index is 10.9. The van der Waals surface area contributed by atoms with E-state index in [0.29, 0.717) is 5.65 Å². The molecule has 0 aliphatic carbocycles. The summed E-state index contributed by atoms with van der Waals surface area (Å²) in [5.74, 6) is 0.847. The van der Waals surface area contributed by atoms with E-state index >= 15 is 0 Å². The molecule has 1 fully saturated rings. The van der Waals surface area contributed by atoms with E-state index in [0.717, 1.165) is 53.8 Å². The summed E-state index contributed by atoms with van der Waals surface area (Å²) in [6, 6.07) is 8.27. The Hall–Kier alpha value is -2.48. The van der Waals surface area contributed by atoms with Crippen LogP contribution in [0.1, 0.15) is 18.4 Å². The standard InChI is InChI=1S/C18H19BrN6O/c1-12(10-26)13-2-4-14(5-3-13)24-6-8-25(9-7-24)18-15-16(19)22-23-17(15)20-11-21-18/h2-5,10-12H,6-9H2,1H3,(H,20,21,22,23). The minimum atomic E-state index is -0.0607. The van der Waals surface area contributed by atoms with Crippen molar-refractivity contribution in [3.05, 3.63) is 40.8 Å². The first-order valence-corrected chi connectivity index (χ1v) is 9.36. The van der Waals surface area contributed by atoms with E-state index in [-0.39, 0.29) is 5.92 Å². The molecule has 8 heteroatoms. The van der Waals surface area contributed by atoms with E-state index < -0.39 is 0 Å². The van der Waals surface area contributed by atoms with Gasteiger partial charge in [0.15, 0.2) is 5.65 Å². The SMILES string of the molecule is CC(C=O)c1ccc(N2CCN(c3ncnc4n[nH]c(Br)c34)CC2)cc1. The lowest BCUT2D eigenvalue weighted by Crippen LogP contribution is -2.46. The lowest BCUT2D eigenvalue weighted by molar-refractivity contribution is -0.108. The third-order valence-electron chi connectivity index (χ3n) is 4.85. The molecule has 0 radical (unpaired) electrons. The highest BCUT2D eigenvalue weighted by Gasteiger charge is 2.22. The number of carbonyl (C=O) groups excluding carboxylic acids is 1. The molecule has 4 rings (SSSR count). The van der Waals surface area contributed by atoms with Gasteiger partial charge in [-0.1, -0.05) is 19.1 Å². The van der Waals surface area contributed by atoms with E-state index in [2.05, 4.69) is 58.0 Å². The fraction of sp³-hybridized carbons (Fsp3) is 0.333. The predicted molar refractivity (Wildman–Crippen MR) is 105 cm³/mol. The summed E-state index contributed by atoms with van der Waals surface area (Å²) >= 11 is 3.50. The van der Waals surface area contributed by atoms with Crippen LogP contribution in [0.3, 0.4) is 0 Å². The molecule has 1 aliphatic rings. The molecule has 3 aromatic rings. The largest absolute Gasteiger partial charge is 0.368 e. The Morgan fingerprint density at radius 2 is 1.81 bits per heavy atom. The number of aromatic amines is 1. The number of fused-ring (bicyclic) bond motifs is 1. The number of benzene rings is 1. The third kappa shape index (κ3) is 3.05. The second-order valence-electron chi connectivity index (χ2n) is 6.42. The smallest absolute Gasteiger partial charge is 0.187 e. The third-order valence-corrected chi connectivity index (χ3v) is 5.43. The van der Waals surface area contributed by atoms with E-state index in [4.69, 9.17) is 0 Å². The van der Waals surface area contributed by atoms with Crippen molar-refractivity contribution in [3.63, 3.8) is 0 Å². The molecule has 2 aromatic heterocycles. The molecule has 1 aliphatic heterocycles. The van der Waals surface area contributed by atoms with Crippen LogP contribution in [-0.2, 0) is 4.79 Å². The lowest BCUT2D eigenvalue weighted by Gasteiger charge is -2.37. The van der Waals surface area contributed by atoms with Crippen molar-refractivity contribution in [2.75, 3.05) is 36.0 Å². The number of nitrogens with zero attached hydrogens (tertiary/aromatic N) is 5. The number of carbonyl (C=O) groups is 1. The zero-order chi connectivity index (χ0) is 18.1. The molecule has 1 aromatic carbocycles. The number of rotatable bonds is 4. The number of hydrogen-bond donors (Lipinski definition) is 1. The van der Waals surface area contributed by atoms with Gasteiger partial charge in [-0.25, -0.2) is 9.97 Å². The second-order valence-corrected chi connectivity index (χ2v) is 7.22. The molecule has 0 spiro atoms. The van der Waals surface area contributed by atoms with Crippen LogP contribution >= 0.6 is 15.9 Å². The molecule has 26 heavy (non-hydrogen) atoms. The molecule has 1 atom stereocenters. The van der Waals surface area contributed by atoms with Gasteiger partial charge in [-0.05, 0) is 33.6 Å². The average molecular weight is 415 g/mol. The summed E-state index contributed by atoms with van der Waals surface area (Å²) in [5, 5.41) is 8.02. The molecule has 134 valence electrons. The van der Waals surface area contributed by atoms with E-state index in [1.54, 1.807) is 6.33 Å². The van der Waals surface area contributed by atoms with Gasteiger partial charge < -0.3 is 14.6 Å². The van der Waals surface area contributed by atoms with Crippen LogP contribution in [0.4, 0.5) is 11.5 Å². The van der Waals surface area contributed by atoms with Crippen LogP contribution < -0.4 is 9.80 Å². The summed E-state index contributed by atoms with van der Waals surface area (Å²) < 4.78 is 0.811. The van der Waals surface area contributed by atoms with Crippen LogP contribution in [0, 0.1) is 0 Å². The highest BCUT2D eigenvalue weighted by molar-refractivity contribution is 9.10. The Morgan fingerprint density at radius 1 is 1.12 bits per heavy atom. The maximum atomic E-state index is 10.9. The number of piperazine rings is 1. The molecule has 1 saturated heterocycles. The van der Waals surface area contributed by atoms with Gasteiger partial charge in [-0.3, -0.25) is 5.10 Å². The molecule has 1 N–H and O–H groups in total. The van der Waals surface area contributed by atoms with Crippen molar-refractivity contribution in [2.45, 2.75) is 12.8 Å². The summed E-state index contributed by atoms with van der Waals surface area (Å²) in [5.41, 5.74) is 2.91. The van der Waals surface area contributed by atoms with Gasteiger partial charge in [0, 0.05) is 37.8 Å². The lowest BCUT2D eigenvalue weighted by atomic mass is 10.0. The number of anilines is 2. The number of aldehydes is 1. The Balaban J connectivity index is 1.48. The molecule has 0 amide bonds. The molecule has 3 heterocycles. The molecular weight excluding hydrogens is 396 g/mol. The average Bonchev–Trinajstić information content (AvgIpc) is 3.09. The normalized spacial score (nSPS) is 16.1. The van der Waals surface area contributed by atoms with Crippen molar-refractivity contribution < 1.29 is 4.79 Å². The van der Waals surface area contributed by atoms with Crippen molar-refractivity contribution in [3.8, 4) is 0 Å². The molecular formula is C18H19BrN6O. The van der Waals surface area contributed by atoms with Crippen molar-refractivity contribution in [1.82, 2.24) is 20.2 Å². The predicted octanol–water partition coefficient (Wildman–Crippen LogP) is 2.74. The number of nitrogens with one attached hydrogen (secondary N) is 1. The fourth-order valence-corrected chi connectivity index (χ4v) is 3.73. The highest BCUT2D eigenvalue weighted by Crippen LogP contribution is 2.29. The van der Waals surface area contributed by atoms with Crippen molar-refractivity contribution in [1.29, 1.82) is 0 Å². The maximum Gasteiger partial charge on any atom is 0.187 e. The molecule has 0 saturated carbocycles. The van der Waals surface area contributed by atoms with Crippen molar-refractivity contribution in [2.24, 2.45) is 0 Å². The number of aromatic nitrogens is 4. The Bertz CT molecular complexity index is 917. The Morgan fingerprint density at radius 3 is 2.50 bits per heavy atom. The second kappa shape index (κ2) is 7.03. The molecule has 1 unspecified atom stereocenters. The van der Waals surface area contributed by atoms with Gasteiger partial charge in [0.1, 0.15) is 23.0 Å². The van der Waals surface area contributed by atoms with Gasteiger partial charge in [0.25, 0.3) is 0 Å². The first kappa shape index (κ1) is 17.0. The van der Waals surface area contributed by atoms with Crippen LogP contribution in [0.5, 0.6) is 0 Å². The quantitative estimate of drug-likeness (QED) is 0.661. The first-order chi connectivity index (χ1) is 12.7. The topological polar surface area (TPSA) is 78.0 Å².